The minimum absolute atomic E-state index is 0.0244. The molecule has 0 aliphatic carbocycles. The summed E-state index contributed by atoms with van der Waals surface area (Å²) in [5, 5.41) is 27.1. The van der Waals surface area contributed by atoms with Crippen molar-refractivity contribution in [1.82, 2.24) is 0 Å². The SMILES string of the molecule is Nc1ccc(OCCO)cc1.O=[N+]([O-])c1ccc(OCCO)cc1. The van der Waals surface area contributed by atoms with Gasteiger partial charge in [-0.25, -0.2) is 0 Å². The normalized spacial score (nSPS) is 9.58. The first-order chi connectivity index (χ1) is 11.6. The lowest BCUT2D eigenvalue weighted by Crippen LogP contribution is -2.01. The number of rotatable bonds is 7. The van der Waals surface area contributed by atoms with Crippen LogP contribution in [0.25, 0.3) is 0 Å². The van der Waals surface area contributed by atoms with Crippen LogP contribution in [0, 0.1) is 10.1 Å². The van der Waals surface area contributed by atoms with Gasteiger partial charge in [-0.05, 0) is 36.4 Å². The molecule has 0 bridgehead atoms. The van der Waals surface area contributed by atoms with Gasteiger partial charge in [0.25, 0.3) is 5.69 Å². The molecule has 24 heavy (non-hydrogen) atoms. The zero-order chi connectivity index (χ0) is 17.8. The Hall–Kier alpha value is -2.84. The molecule has 0 radical (unpaired) electrons. The molecule has 0 aromatic heterocycles. The summed E-state index contributed by atoms with van der Waals surface area (Å²) in [5.74, 6) is 1.24. The van der Waals surface area contributed by atoms with E-state index in [0.29, 0.717) is 18.0 Å². The molecule has 4 N–H and O–H groups in total. The Morgan fingerprint density at radius 3 is 1.67 bits per heavy atom. The predicted molar refractivity (Wildman–Crippen MR) is 89.1 cm³/mol. The fraction of sp³-hybridized carbons (Fsp3) is 0.250. The van der Waals surface area contributed by atoms with Crippen molar-refractivity contribution < 1.29 is 24.6 Å². The molecule has 0 saturated carbocycles. The minimum Gasteiger partial charge on any atom is -0.491 e. The van der Waals surface area contributed by atoms with Gasteiger partial charge in [0.05, 0.1) is 18.1 Å². The van der Waals surface area contributed by atoms with Crippen molar-refractivity contribution in [3.63, 3.8) is 0 Å². The molecule has 130 valence electrons. The smallest absolute Gasteiger partial charge is 0.269 e. The van der Waals surface area contributed by atoms with Gasteiger partial charge < -0.3 is 25.4 Å². The summed E-state index contributed by atoms with van der Waals surface area (Å²) in [6.07, 6.45) is 0. The fourth-order valence-corrected chi connectivity index (χ4v) is 1.56. The van der Waals surface area contributed by atoms with Crippen molar-refractivity contribution in [3.8, 4) is 11.5 Å². The van der Waals surface area contributed by atoms with E-state index in [4.69, 9.17) is 25.4 Å². The lowest BCUT2D eigenvalue weighted by Gasteiger charge is -2.02. The van der Waals surface area contributed by atoms with Crippen LogP contribution in [-0.2, 0) is 0 Å². The predicted octanol–water partition coefficient (Wildman–Crippen LogP) is 1.61. The second-order valence-electron chi connectivity index (χ2n) is 4.46. The maximum Gasteiger partial charge on any atom is 0.269 e. The van der Waals surface area contributed by atoms with Crippen LogP contribution in [-0.4, -0.2) is 41.6 Å². The number of nitrogens with two attached hydrogens (primary N) is 1. The summed E-state index contributed by atoms with van der Waals surface area (Å²) >= 11 is 0. The molecule has 2 rings (SSSR count). The maximum atomic E-state index is 10.3. The third kappa shape index (κ3) is 7.43. The standard InChI is InChI=1S/C8H9NO4.C8H11NO2/c10-5-6-13-8-3-1-7(2-4-8)9(11)12;9-7-1-3-8(4-2-7)11-6-5-10/h1-4,10H,5-6H2;1-4,10H,5-6,9H2. The molecule has 0 unspecified atom stereocenters. The van der Waals surface area contributed by atoms with Gasteiger partial charge in [0.2, 0.25) is 0 Å². The molecule has 2 aromatic carbocycles. The van der Waals surface area contributed by atoms with Crippen LogP contribution in [0.5, 0.6) is 11.5 Å². The number of nitrogens with zero attached hydrogens (tertiary/aromatic N) is 1. The number of ether oxygens (including phenoxy) is 2. The Balaban J connectivity index is 0.000000243. The first-order valence-electron chi connectivity index (χ1n) is 7.14. The fourth-order valence-electron chi connectivity index (χ4n) is 1.56. The van der Waals surface area contributed by atoms with Crippen molar-refractivity contribution >= 4 is 11.4 Å². The Morgan fingerprint density at radius 2 is 1.29 bits per heavy atom. The van der Waals surface area contributed by atoms with Gasteiger partial charge in [-0.3, -0.25) is 10.1 Å². The number of anilines is 1. The molecule has 0 spiro atoms. The van der Waals surface area contributed by atoms with Crippen molar-refractivity contribution in [2.45, 2.75) is 0 Å². The van der Waals surface area contributed by atoms with Crippen molar-refractivity contribution in [2.75, 3.05) is 32.2 Å². The first-order valence-corrected chi connectivity index (χ1v) is 7.14. The number of nitrogen functional groups attached to an aromatic ring is 1. The highest BCUT2D eigenvalue weighted by atomic mass is 16.6. The van der Waals surface area contributed by atoms with E-state index in [-0.39, 0.29) is 25.5 Å². The van der Waals surface area contributed by atoms with Gasteiger partial charge >= 0.3 is 0 Å². The molecule has 0 aliphatic rings. The van der Waals surface area contributed by atoms with Gasteiger partial charge in [-0.2, -0.15) is 0 Å². The summed E-state index contributed by atoms with van der Waals surface area (Å²) in [7, 11) is 0. The summed E-state index contributed by atoms with van der Waals surface area (Å²) in [5.41, 5.74) is 6.18. The van der Waals surface area contributed by atoms with E-state index in [1.54, 1.807) is 24.3 Å². The Morgan fingerprint density at radius 1 is 0.875 bits per heavy atom. The lowest BCUT2D eigenvalue weighted by molar-refractivity contribution is -0.384. The number of hydrogen-bond donors (Lipinski definition) is 3. The number of non-ortho nitro benzene ring substituents is 1. The number of benzene rings is 2. The Bertz CT molecular complexity index is 601. The van der Waals surface area contributed by atoms with Gasteiger partial charge in [-0.15, -0.1) is 0 Å². The van der Waals surface area contributed by atoms with Crippen LogP contribution in [0.4, 0.5) is 11.4 Å². The second-order valence-corrected chi connectivity index (χ2v) is 4.46. The average molecular weight is 336 g/mol. The number of aliphatic hydroxyl groups is 2. The van der Waals surface area contributed by atoms with Crippen LogP contribution in [0.3, 0.4) is 0 Å². The third-order valence-electron chi connectivity index (χ3n) is 2.65. The van der Waals surface area contributed by atoms with Gasteiger partial charge in [0, 0.05) is 17.8 Å². The first kappa shape index (κ1) is 19.2. The van der Waals surface area contributed by atoms with Crippen molar-refractivity contribution in [3.05, 3.63) is 58.6 Å². The number of nitro benzene ring substituents is 1. The molecule has 0 heterocycles. The zero-order valence-electron chi connectivity index (χ0n) is 13.0. The Labute approximate surface area is 139 Å². The summed E-state index contributed by atoms with van der Waals surface area (Å²) in [6.45, 7) is 0.475. The average Bonchev–Trinajstić information content (AvgIpc) is 2.60. The molecule has 2 aromatic rings. The van der Waals surface area contributed by atoms with E-state index in [1.165, 1.54) is 24.3 Å². The highest BCUT2D eigenvalue weighted by molar-refractivity contribution is 5.41. The van der Waals surface area contributed by atoms with Gasteiger partial charge in [0.1, 0.15) is 24.7 Å². The van der Waals surface area contributed by atoms with E-state index in [2.05, 4.69) is 0 Å². The van der Waals surface area contributed by atoms with Crippen LogP contribution < -0.4 is 15.2 Å². The topological polar surface area (TPSA) is 128 Å². The van der Waals surface area contributed by atoms with Crippen LogP contribution in [0.15, 0.2) is 48.5 Å². The van der Waals surface area contributed by atoms with Gasteiger partial charge in [0.15, 0.2) is 0 Å². The molecule has 0 aliphatic heterocycles. The highest BCUT2D eigenvalue weighted by Crippen LogP contribution is 2.16. The lowest BCUT2D eigenvalue weighted by atomic mass is 10.3. The number of nitro groups is 1. The van der Waals surface area contributed by atoms with E-state index >= 15 is 0 Å². The summed E-state index contributed by atoms with van der Waals surface area (Å²) < 4.78 is 10.1. The van der Waals surface area contributed by atoms with E-state index in [1.807, 2.05) is 0 Å². The molecule has 0 fully saturated rings. The number of hydrogen-bond acceptors (Lipinski definition) is 7. The highest BCUT2D eigenvalue weighted by Gasteiger charge is 2.03. The Kier molecular flexibility index (Phi) is 8.65. The summed E-state index contributed by atoms with van der Waals surface area (Å²) in [6, 6.07) is 12.7. The molecule has 0 saturated heterocycles. The van der Waals surface area contributed by atoms with Crippen molar-refractivity contribution in [2.24, 2.45) is 0 Å². The third-order valence-corrected chi connectivity index (χ3v) is 2.65. The number of aliphatic hydroxyl groups excluding tert-OH is 2. The van der Waals surface area contributed by atoms with Gasteiger partial charge in [-0.1, -0.05) is 0 Å². The maximum absolute atomic E-state index is 10.3. The monoisotopic (exact) mass is 336 g/mol. The molecule has 8 nitrogen and oxygen atoms in total. The molecule has 0 atom stereocenters. The van der Waals surface area contributed by atoms with Crippen LogP contribution in [0.2, 0.25) is 0 Å². The second kappa shape index (κ2) is 10.8. The van der Waals surface area contributed by atoms with Crippen LogP contribution >= 0.6 is 0 Å². The molecular weight excluding hydrogens is 316 g/mol. The van der Waals surface area contributed by atoms with Crippen molar-refractivity contribution in [1.29, 1.82) is 0 Å². The minimum atomic E-state index is -0.476. The summed E-state index contributed by atoms with van der Waals surface area (Å²) in [4.78, 5) is 9.77. The molecule has 8 heteroatoms. The van der Waals surface area contributed by atoms with Crippen LogP contribution in [0.1, 0.15) is 0 Å². The largest absolute Gasteiger partial charge is 0.491 e. The molecular formula is C16H20N2O6. The zero-order valence-corrected chi connectivity index (χ0v) is 13.0. The van der Waals surface area contributed by atoms with E-state index in [0.717, 1.165) is 5.75 Å². The quantitative estimate of drug-likeness (QED) is 0.398. The molecule has 0 amide bonds. The van der Waals surface area contributed by atoms with E-state index < -0.39 is 4.92 Å². The van der Waals surface area contributed by atoms with E-state index in [9.17, 15) is 10.1 Å².